The van der Waals surface area contributed by atoms with Crippen molar-refractivity contribution in [1.29, 1.82) is 0 Å². The number of fused-ring (bicyclic) bond motifs is 3. The fourth-order valence-electron chi connectivity index (χ4n) is 3.84. The fraction of sp³-hybridized carbons (Fsp3) is 0.444. The van der Waals surface area contributed by atoms with Gasteiger partial charge < -0.3 is 5.32 Å². The molecule has 0 spiro atoms. The summed E-state index contributed by atoms with van der Waals surface area (Å²) in [5.41, 5.74) is 0.713. The van der Waals surface area contributed by atoms with Gasteiger partial charge in [0.25, 0.3) is 5.91 Å². The molecule has 0 aliphatic carbocycles. The zero-order chi connectivity index (χ0) is 17.4. The highest BCUT2D eigenvalue weighted by molar-refractivity contribution is 8.01. The van der Waals surface area contributed by atoms with E-state index in [4.69, 9.17) is 11.6 Å². The lowest BCUT2D eigenvalue weighted by molar-refractivity contribution is 0.0217. The van der Waals surface area contributed by atoms with E-state index in [9.17, 15) is 4.79 Å². The molecule has 1 N–H and O–H groups in total. The van der Waals surface area contributed by atoms with Crippen LogP contribution in [0.25, 0.3) is 0 Å². The van der Waals surface area contributed by atoms with E-state index in [-0.39, 0.29) is 11.9 Å². The summed E-state index contributed by atoms with van der Waals surface area (Å²) in [6.45, 7) is 4.57. The van der Waals surface area contributed by atoms with Crippen LogP contribution in [-0.2, 0) is 0 Å². The van der Waals surface area contributed by atoms with Gasteiger partial charge in [0.15, 0.2) is 4.34 Å². The van der Waals surface area contributed by atoms with Crippen LogP contribution in [-0.4, -0.2) is 41.0 Å². The first-order valence-electron chi connectivity index (χ1n) is 8.54. The maximum Gasteiger partial charge on any atom is 0.251 e. The highest BCUT2D eigenvalue weighted by Crippen LogP contribution is 2.33. The van der Waals surface area contributed by atoms with Crippen LogP contribution in [0, 0.1) is 5.92 Å². The van der Waals surface area contributed by atoms with Gasteiger partial charge >= 0.3 is 0 Å². The number of thiazole rings is 1. The SMILES string of the molecule is C[C@H]1[C@H](NC(=O)c2ccc(Sc3nc(Cl)cs3)cc2)C2CCN1CC2. The largest absolute Gasteiger partial charge is 0.347 e. The first-order valence-corrected chi connectivity index (χ1v) is 10.6. The average Bonchev–Trinajstić information content (AvgIpc) is 3.04. The summed E-state index contributed by atoms with van der Waals surface area (Å²) in [6, 6.07) is 8.41. The smallest absolute Gasteiger partial charge is 0.251 e. The average molecular weight is 394 g/mol. The van der Waals surface area contributed by atoms with Crippen molar-refractivity contribution in [3.8, 4) is 0 Å². The molecule has 2 aromatic rings. The third-order valence-electron chi connectivity index (χ3n) is 5.25. The first kappa shape index (κ1) is 17.3. The zero-order valence-corrected chi connectivity index (χ0v) is 16.3. The minimum absolute atomic E-state index is 0.0273. The molecule has 1 amide bonds. The van der Waals surface area contributed by atoms with Crippen molar-refractivity contribution in [2.75, 3.05) is 13.1 Å². The van der Waals surface area contributed by atoms with Crippen LogP contribution in [0.4, 0.5) is 0 Å². The second-order valence-corrected chi connectivity index (χ2v) is 9.24. The minimum atomic E-state index is 0.0273. The van der Waals surface area contributed by atoms with E-state index in [1.807, 2.05) is 29.6 Å². The molecule has 4 nitrogen and oxygen atoms in total. The molecule has 25 heavy (non-hydrogen) atoms. The van der Waals surface area contributed by atoms with Crippen LogP contribution in [0.15, 0.2) is 38.9 Å². The summed E-state index contributed by atoms with van der Waals surface area (Å²) in [5, 5.41) is 5.62. The second kappa shape index (κ2) is 7.27. The Bertz CT molecular complexity index is 754. The number of nitrogens with one attached hydrogen (secondary N) is 1. The Morgan fingerprint density at radius 3 is 2.64 bits per heavy atom. The molecule has 4 heterocycles. The van der Waals surface area contributed by atoms with Crippen molar-refractivity contribution < 1.29 is 4.79 Å². The maximum absolute atomic E-state index is 12.6. The molecule has 2 atom stereocenters. The molecule has 3 aliphatic heterocycles. The summed E-state index contributed by atoms with van der Waals surface area (Å²) in [6.07, 6.45) is 2.39. The van der Waals surface area contributed by atoms with Gasteiger partial charge in [0, 0.05) is 27.9 Å². The fourth-order valence-corrected chi connectivity index (χ4v) is 5.80. The molecule has 1 aromatic heterocycles. The van der Waals surface area contributed by atoms with Crippen molar-refractivity contribution in [2.24, 2.45) is 5.92 Å². The van der Waals surface area contributed by atoms with Gasteiger partial charge in [-0.2, -0.15) is 0 Å². The molecule has 0 unspecified atom stereocenters. The Labute approximate surface area is 161 Å². The topological polar surface area (TPSA) is 45.2 Å². The van der Waals surface area contributed by atoms with Crippen LogP contribution in [0.5, 0.6) is 0 Å². The Morgan fingerprint density at radius 1 is 1.32 bits per heavy atom. The summed E-state index contributed by atoms with van der Waals surface area (Å²) in [4.78, 5) is 20.4. The van der Waals surface area contributed by atoms with E-state index in [1.54, 1.807) is 11.8 Å². The number of hydrogen-bond acceptors (Lipinski definition) is 5. The molecule has 7 heteroatoms. The van der Waals surface area contributed by atoms with Crippen molar-refractivity contribution in [2.45, 2.75) is 41.1 Å². The Morgan fingerprint density at radius 2 is 2.04 bits per heavy atom. The van der Waals surface area contributed by atoms with Gasteiger partial charge in [0.2, 0.25) is 0 Å². The minimum Gasteiger partial charge on any atom is -0.347 e. The molecule has 3 fully saturated rings. The van der Waals surface area contributed by atoms with Crippen LogP contribution in [0.2, 0.25) is 5.15 Å². The number of amides is 1. The van der Waals surface area contributed by atoms with E-state index in [1.165, 1.54) is 37.3 Å². The molecular weight excluding hydrogens is 374 g/mol. The summed E-state index contributed by atoms with van der Waals surface area (Å²) < 4.78 is 0.906. The number of nitrogens with zero attached hydrogens (tertiary/aromatic N) is 2. The molecule has 1 aromatic carbocycles. The van der Waals surface area contributed by atoms with E-state index in [0.717, 1.165) is 9.24 Å². The molecule has 0 radical (unpaired) electrons. The quantitative estimate of drug-likeness (QED) is 0.847. The molecule has 5 rings (SSSR count). The third kappa shape index (κ3) is 3.72. The zero-order valence-electron chi connectivity index (χ0n) is 13.9. The van der Waals surface area contributed by atoms with E-state index in [0.29, 0.717) is 22.7 Å². The second-order valence-electron chi connectivity index (χ2n) is 6.68. The van der Waals surface area contributed by atoms with Crippen molar-refractivity contribution >= 4 is 40.6 Å². The van der Waals surface area contributed by atoms with Gasteiger partial charge in [-0.05, 0) is 63.0 Å². The Kier molecular flexibility index (Phi) is 5.04. The highest BCUT2D eigenvalue weighted by Gasteiger charge is 2.40. The van der Waals surface area contributed by atoms with Crippen LogP contribution in [0.3, 0.4) is 0 Å². The summed E-state index contributed by atoms with van der Waals surface area (Å²) in [5.74, 6) is 0.646. The predicted molar refractivity (Wildman–Crippen MR) is 103 cm³/mol. The summed E-state index contributed by atoms with van der Waals surface area (Å²) in [7, 11) is 0. The standard InChI is InChI=1S/C18H20ClN3OS2/c1-11-16(12-6-8-22(11)9-7-12)21-17(23)13-2-4-14(5-3-13)25-18-20-15(19)10-24-18/h2-5,10-12,16H,6-9H2,1H3,(H,21,23)/t11-,16-/m0/s1. The highest BCUT2D eigenvalue weighted by atomic mass is 35.5. The normalized spacial score (nSPS) is 28.1. The van der Waals surface area contributed by atoms with Crippen LogP contribution < -0.4 is 5.32 Å². The Balaban J connectivity index is 1.40. The van der Waals surface area contributed by atoms with E-state index in [2.05, 4.69) is 22.1 Å². The molecule has 2 bridgehead atoms. The monoisotopic (exact) mass is 393 g/mol. The summed E-state index contributed by atoms with van der Waals surface area (Å²) >= 11 is 8.93. The lowest BCUT2D eigenvalue weighted by Gasteiger charge is -2.49. The van der Waals surface area contributed by atoms with Gasteiger partial charge in [-0.15, -0.1) is 11.3 Å². The number of aromatic nitrogens is 1. The number of carbonyl (C=O) groups excluding carboxylic acids is 1. The lowest BCUT2D eigenvalue weighted by atomic mass is 9.79. The molecule has 3 saturated heterocycles. The molecular formula is C18H20ClN3OS2. The van der Waals surface area contributed by atoms with Gasteiger partial charge in [-0.3, -0.25) is 9.69 Å². The van der Waals surface area contributed by atoms with Crippen molar-refractivity contribution in [3.63, 3.8) is 0 Å². The number of hydrogen-bond donors (Lipinski definition) is 1. The molecule has 3 aliphatic rings. The van der Waals surface area contributed by atoms with Crippen molar-refractivity contribution in [1.82, 2.24) is 15.2 Å². The van der Waals surface area contributed by atoms with Gasteiger partial charge in [-0.25, -0.2) is 4.98 Å². The molecule has 132 valence electrons. The van der Waals surface area contributed by atoms with Gasteiger partial charge in [0.1, 0.15) is 5.15 Å². The Hall–Kier alpha value is -1.08. The van der Waals surface area contributed by atoms with Gasteiger partial charge in [0.05, 0.1) is 0 Å². The number of piperidine rings is 3. The molecule has 0 saturated carbocycles. The lowest BCUT2D eigenvalue weighted by Crippen LogP contribution is -2.62. The van der Waals surface area contributed by atoms with E-state index < -0.39 is 0 Å². The van der Waals surface area contributed by atoms with Crippen LogP contribution in [0.1, 0.15) is 30.1 Å². The first-order chi connectivity index (χ1) is 12.1. The maximum atomic E-state index is 12.6. The third-order valence-corrected chi connectivity index (χ3v) is 7.52. The number of rotatable bonds is 4. The van der Waals surface area contributed by atoms with Crippen LogP contribution >= 0.6 is 34.7 Å². The van der Waals surface area contributed by atoms with Crippen molar-refractivity contribution in [3.05, 3.63) is 40.4 Å². The number of halogens is 1. The number of carbonyl (C=O) groups is 1. The van der Waals surface area contributed by atoms with E-state index >= 15 is 0 Å². The number of benzene rings is 1. The van der Waals surface area contributed by atoms with Gasteiger partial charge in [-0.1, -0.05) is 23.4 Å². The predicted octanol–water partition coefficient (Wildman–Crippen LogP) is 4.16.